The second-order valence-corrected chi connectivity index (χ2v) is 4.94. The summed E-state index contributed by atoms with van der Waals surface area (Å²) in [6.45, 7) is 5.89. The van der Waals surface area contributed by atoms with Crippen molar-refractivity contribution in [1.29, 1.82) is 5.41 Å². The Morgan fingerprint density at radius 3 is 2.47 bits per heavy atom. The van der Waals surface area contributed by atoms with E-state index < -0.39 is 0 Å². The van der Waals surface area contributed by atoms with Gasteiger partial charge >= 0.3 is 0 Å². The molecule has 4 heteroatoms. The Kier molecular flexibility index (Phi) is 4.40. The molecule has 4 nitrogen and oxygen atoms in total. The van der Waals surface area contributed by atoms with Crippen LogP contribution in [0.2, 0.25) is 0 Å². The highest BCUT2D eigenvalue weighted by Crippen LogP contribution is 2.33. The molecule has 0 aromatic carbocycles. The molecule has 0 aromatic rings. The molecule has 0 bridgehead atoms. The number of ether oxygens (including phenoxy) is 2. The van der Waals surface area contributed by atoms with Crippen molar-refractivity contribution in [2.24, 2.45) is 0 Å². The first kappa shape index (κ1) is 12.8. The number of amidine groups is 1. The third kappa shape index (κ3) is 2.80. The van der Waals surface area contributed by atoms with Gasteiger partial charge in [0.05, 0.1) is 13.2 Å². The van der Waals surface area contributed by atoms with E-state index in [0.29, 0.717) is 12.4 Å². The van der Waals surface area contributed by atoms with Gasteiger partial charge in [0.1, 0.15) is 11.4 Å². The molecule has 1 heterocycles. The predicted molar refractivity (Wildman–Crippen MR) is 67.6 cm³/mol. The van der Waals surface area contributed by atoms with Crippen LogP contribution in [0.15, 0.2) is 0 Å². The maximum atomic E-state index is 8.47. The molecule has 2 rings (SSSR count). The second kappa shape index (κ2) is 5.83. The minimum absolute atomic E-state index is 0.301. The lowest BCUT2D eigenvalue weighted by Crippen LogP contribution is -2.54. The van der Waals surface area contributed by atoms with Crippen LogP contribution in [0.1, 0.15) is 39.0 Å². The second-order valence-electron chi connectivity index (χ2n) is 4.94. The summed E-state index contributed by atoms with van der Waals surface area (Å²) >= 11 is 0. The smallest absolute Gasteiger partial charge is 0.129 e. The van der Waals surface area contributed by atoms with Gasteiger partial charge in [0.25, 0.3) is 0 Å². The fourth-order valence-corrected chi connectivity index (χ4v) is 2.92. The third-order valence-corrected chi connectivity index (χ3v) is 3.84. The van der Waals surface area contributed by atoms with E-state index in [2.05, 4.69) is 4.90 Å². The van der Waals surface area contributed by atoms with Crippen molar-refractivity contribution in [2.45, 2.75) is 44.6 Å². The highest BCUT2D eigenvalue weighted by atomic mass is 16.5. The standard InChI is InChI=1S/C13H24N2O2/c1-2-17-13(6-4-3-5-7-13)12(14)15-8-10-16-11-9-15/h14H,2-11H2,1H3. The minimum atomic E-state index is -0.301. The lowest BCUT2D eigenvalue weighted by atomic mass is 9.83. The molecule has 1 aliphatic carbocycles. The summed E-state index contributed by atoms with van der Waals surface area (Å²) in [4.78, 5) is 2.14. The third-order valence-electron chi connectivity index (χ3n) is 3.84. The van der Waals surface area contributed by atoms with Gasteiger partial charge in [0, 0.05) is 19.7 Å². The molecule has 1 saturated heterocycles. The van der Waals surface area contributed by atoms with Crippen LogP contribution >= 0.6 is 0 Å². The fourth-order valence-electron chi connectivity index (χ4n) is 2.92. The zero-order valence-corrected chi connectivity index (χ0v) is 10.8. The van der Waals surface area contributed by atoms with Crippen LogP contribution in [0.25, 0.3) is 0 Å². The van der Waals surface area contributed by atoms with Crippen molar-refractivity contribution in [3.63, 3.8) is 0 Å². The number of rotatable bonds is 3. The number of nitrogens with one attached hydrogen (secondary N) is 1. The average molecular weight is 240 g/mol. The van der Waals surface area contributed by atoms with Gasteiger partial charge in [-0.15, -0.1) is 0 Å². The number of hydrogen-bond donors (Lipinski definition) is 1. The Morgan fingerprint density at radius 1 is 1.24 bits per heavy atom. The summed E-state index contributed by atoms with van der Waals surface area (Å²) in [7, 11) is 0. The molecule has 2 fully saturated rings. The largest absolute Gasteiger partial charge is 0.378 e. The van der Waals surface area contributed by atoms with E-state index >= 15 is 0 Å². The van der Waals surface area contributed by atoms with Gasteiger partial charge in [-0.25, -0.2) is 0 Å². The maximum Gasteiger partial charge on any atom is 0.129 e. The Hall–Kier alpha value is -0.610. The molecule has 0 atom stereocenters. The van der Waals surface area contributed by atoms with Crippen LogP contribution in [-0.4, -0.2) is 49.2 Å². The highest BCUT2D eigenvalue weighted by molar-refractivity contribution is 5.88. The summed E-state index contributed by atoms with van der Waals surface area (Å²) in [5.41, 5.74) is -0.301. The molecule has 0 spiro atoms. The van der Waals surface area contributed by atoms with Gasteiger partial charge in [-0.05, 0) is 19.8 Å². The molecule has 2 aliphatic rings. The van der Waals surface area contributed by atoms with Gasteiger partial charge < -0.3 is 14.4 Å². The first-order chi connectivity index (χ1) is 8.28. The quantitative estimate of drug-likeness (QED) is 0.606. The van der Waals surface area contributed by atoms with Crippen molar-refractivity contribution in [3.8, 4) is 0 Å². The lowest BCUT2D eigenvalue weighted by molar-refractivity contribution is -0.0267. The summed E-state index contributed by atoms with van der Waals surface area (Å²) in [5.74, 6) is 0.697. The van der Waals surface area contributed by atoms with Gasteiger partial charge in [-0.3, -0.25) is 5.41 Å². The molecule has 98 valence electrons. The zero-order valence-electron chi connectivity index (χ0n) is 10.8. The summed E-state index contributed by atoms with van der Waals surface area (Å²) in [6.07, 6.45) is 5.68. The van der Waals surface area contributed by atoms with E-state index in [-0.39, 0.29) is 5.60 Å². The molecule has 1 aliphatic heterocycles. The maximum absolute atomic E-state index is 8.47. The lowest BCUT2D eigenvalue weighted by Gasteiger charge is -2.42. The molecule has 17 heavy (non-hydrogen) atoms. The number of nitrogens with zero attached hydrogens (tertiary/aromatic N) is 1. The van der Waals surface area contributed by atoms with Crippen LogP contribution in [0.4, 0.5) is 0 Å². The van der Waals surface area contributed by atoms with Gasteiger partial charge in [-0.1, -0.05) is 19.3 Å². The molecule has 1 saturated carbocycles. The highest BCUT2D eigenvalue weighted by Gasteiger charge is 2.40. The Balaban J connectivity index is 2.05. The van der Waals surface area contributed by atoms with Crippen LogP contribution in [-0.2, 0) is 9.47 Å². The van der Waals surface area contributed by atoms with Crippen LogP contribution in [0.3, 0.4) is 0 Å². The topological polar surface area (TPSA) is 45.5 Å². The van der Waals surface area contributed by atoms with Crippen LogP contribution in [0.5, 0.6) is 0 Å². The number of hydrogen-bond acceptors (Lipinski definition) is 3. The van der Waals surface area contributed by atoms with E-state index in [9.17, 15) is 0 Å². The number of morpholine rings is 1. The van der Waals surface area contributed by atoms with Crippen molar-refractivity contribution >= 4 is 5.84 Å². The van der Waals surface area contributed by atoms with E-state index in [0.717, 1.165) is 39.1 Å². The molecule has 0 radical (unpaired) electrons. The molecule has 0 aromatic heterocycles. The fraction of sp³-hybridized carbons (Fsp3) is 0.923. The Morgan fingerprint density at radius 2 is 1.88 bits per heavy atom. The predicted octanol–water partition coefficient (Wildman–Crippen LogP) is 2.04. The summed E-state index contributed by atoms with van der Waals surface area (Å²) in [5, 5.41) is 8.47. The molecular weight excluding hydrogens is 216 g/mol. The first-order valence-corrected chi connectivity index (χ1v) is 6.84. The molecular formula is C13H24N2O2. The summed E-state index contributed by atoms with van der Waals surface area (Å²) < 4.78 is 11.3. The van der Waals surface area contributed by atoms with E-state index in [4.69, 9.17) is 14.9 Å². The van der Waals surface area contributed by atoms with E-state index in [1.807, 2.05) is 6.92 Å². The monoisotopic (exact) mass is 240 g/mol. The van der Waals surface area contributed by atoms with Crippen LogP contribution < -0.4 is 0 Å². The SMILES string of the molecule is CCOC1(C(=N)N2CCOCC2)CCCCC1. The van der Waals surface area contributed by atoms with Crippen molar-refractivity contribution in [3.05, 3.63) is 0 Å². The average Bonchev–Trinajstić information content (AvgIpc) is 2.40. The minimum Gasteiger partial charge on any atom is -0.378 e. The normalized spacial score (nSPS) is 24.6. The molecule has 1 N–H and O–H groups in total. The molecule has 0 amide bonds. The Bertz CT molecular complexity index is 251. The van der Waals surface area contributed by atoms with E-state index in [1.54, 1.807) is 0 Å². The Labute approximate surface area is 104 Å². The van der Waals surface area contributed by atoms with Crippen molar-refractivity contribution in [2.75, 3.05) is 32.9 Å². The van der Waals surface area contributed by atoms with Gasteiger partial charge in [0.2, 0.25) is 0 Å². The van der Waals surface area contributed by atoms with Gasteiger partial charge in [-0.2, -0.15) is 0 Å². The van der Waals surface area contributed by atoms with Crippen LogP contribution in [0, 0.1) is 5.41 Å². The first-order valence-electron chi connectivity index (χ1n) is 6.84. The van der Waals surface area contributed by atoms with Gasteiger partial charge in [0.15, 0.2) is 0 Å². The van der Waals surface area contributed by atoms with Crippen molar-refractivity contribution in [1.82, 2.24) is 4.90 Å². The van der Waals surface area contributed by atoms with Crippen molar-refractivity contribution < 1.29 is 9.47 Å². The van der Waals surface area contributed by atoms with E-state index in [1.165, 1.54) is 19.3 Å². The summed E-state index contributed by atoms with van der Waals surface area (Å²) in [6, 6.07) is 0. The zero-order chi connectivity index (χ0) is 12.1. The molecule has 0 unspecified atom stereocenters.